The van der Waals surface area contributed by atoms with Gasteiger partial charge in [-0.1, -0.05) is 36.4 Å². The van der Waals surface area contributed by atoms with E-state index in [2.05, 4.69) is 54.6 Å². The Labute approximate surface area is 82.8 Å². The highest BCUT2D eigenvalue weighted by Gasteiger charge is 1.94. The predicted octanol–water partition coefficient (Wildman–Crippen LogP) is 3.59. The van der Waals surface area contributed by atoms with E-state index in [1.54, 1.807) is 0 Å². The van der Waals surface area contributed by atoms with Crippen LogP contribution in [0.15, 0.2) is 48.5 Å². The van der Waals surface area contributed by atoms with E-state index in [0.717, 1.165) is 5.39 Å². The minimum absolute atomic E-state index is 1.13. The molecule has 3 rings (SSSR count). The van der Waals surface area contributed by atoms with Crippen LogP contribution in [0, 0.1) is 12.1 Å². The molecule has 0 N–H and O–H groups in total. The van der Waals surface area contributed by atoms with Crippen molar-refractivity contribution in [1.29, 1.82) is 0 Å². The summed E-state index contributed by atoms with van der Waals surface area (Å²) in [6.07, 6.45) is 0. The van der Waals surface area contributed by atoms with E-state index in [-0.39, 0.29) is 0 Å². The molecule has 0 bridgehead atoms. The third-order valence-corrected chi connectivity index (χ3v) is 2.47. The fraction of sp³-hybridized carbons (Fsp3) is 0. The molecule has 3 aromatic carbocycles. The van der Waals surface area contributed by atoms with E-state index in [1.807, 2.05) is 6.07 Å². The summed E-state index contributed by atoms with van der Waals surface area (Å²) in [6.45, 7) is 0. The molecule has 0 radical (unpaired) electrons. The van der Waals surface area contributed by atoms with Gasteiger partial charge in [-0.15, -0.1) is 0 Å². The van der Waals surface area contributed by atoms with Crippen LogP contribution in [0.5, 0.6) is 0 Å². The molecule has 14 heavy (non-hydrogen) atoms. The van der Waals surface area contributed by atoms with Gasteiger partial charge in [0.1, 0.15) is 0 Å². The summed E-state index contributed by atoms with van der Waals surface area (Å²) in [5.41, 5.74) is 0. The molecule has 0 aliphatic heterocycles. The topological polar surface area (TPSA) is 0 Å². The maximum Gasteiger partial charge on any atom is 0.0327 e. The smallest absolute Gasteiger partial charge is 0.0327 e. The van der Waals surface area contributed by atoms with Crippen molar-refractivity contribution in [2.75, 3.05) is 0 Å². The number of hydrogen-bond acceptors (Lipinski definition) is 0. The molecule has 64 valence electrons. The quantitative estimate of drug-likeness (QED) is 0.491. The summed E-state index contributed by atoms with van der Waals surface area (Å²) < 4.78 is 0. The third kappa shape index (κ3) is 1.03. The van der Waals surface area contributed by atoms with Crippen molar-refractivity contribution >= 4 is 21.5 Å². The van der Waals surface area contributed by atoms with Crippen LogP contribution < -0.4 is 0 Å². The lowest BCUT2D eigenvalue weighted by Gasteiger charge is -1.98. The van der Waals surface area contributed by atoms with Crippen molar-refractivity contribution < 1.29 is 0 Å². The van der Waals surface area contributed by atoms with Gasteiger partial charge in [0.05, 0.1) is 0 Å². The lowest BCUT2D eigenvalue weighted by Crippen LogP contribution is -1.73. The first-order chi connectivity index (χ1) is 6.93. The number of fused-ring (bicyclic) bond motifs is 2. The van der Waals surface area contributed by atoms with Crippen molar-refractivity contribution in [3.05, 3.63) is 60.7 Å². The Balaban J connectivity index is 2.52. The Morgan fingerprint density at radius 2 is 1.57 bits per heavy atom. The van der Waals surface area contributed by atoms with E-state index < -0.39 is 0 Å². The molecular formula is C14H8. The van der Waals surface area contributed by atoms with Crippen LogP contribution in [-0.2, 0) is 0 Å². The van der Waals surface area contributed by atoms with Crippen molar-refractivity contribution in [3.8, 4) is 0 Å². The highest BCUT2D eigenvalue weighted by atomic mass is 14.0. The van der Waals surface area contributed by atoms with E-state index in [4.69, 9.17) is 0 Å². The second-order valence-corrected chi connectivity index (χ2v) is 3.39. The molecule has 0 amide bonds. The van der Waals surface area contributed by atoms with E-state index in [1.165, 1.54) is 16.2 Å². The van der Waals surface area contributed by atoms with Gasteiger partial charge in [0.25, 0.3) is 0 Å². The summed E-state index contributed by atoms with van der Waals surface area (Å²) >= 11 is 0. The monoisotopic (exact) mass is 176 g/mol. The summed E-state index contributed by atoms with van der Waals surface area (Å²) in [6, 6.07) is 22.8. The molecule has 0 atom stereocenters. The van der Waals surface area contributed by atoms with E-state index >= 15 is 0 Å². The summed E-state index contributed by atoms with van der Waals surface area (Å²) in [7, 11) is 0. The average molecular weight is 176 g/mol. The first-order valence-electron chi connectivity index (χ1n) is 4.64. The fourth-order valence-electron chi connectivity index (χ4n) is 1.75. The summed E-state index contributed by atoms with van der Waals surface area (Å²) in [5.74, 6) is 0. The van der Waals surface area contributed by atoms with Crippen LogP contribution >= 0.6 is 0 Å². The Hall–Kier alpha value is -2.00. The third-order valence-electron chi connectivity index (χ3n) is 2.47. The van der Waals surface area contributed by atoms with Gasteiger partial charge in [-0.25, -0.2) is 0 Å². The van der Waals surface area contributed by atoms with E-state index in [0.29, 0.717) is 0 Å². The first kappa shape index (κ1) is 7.41. The highest BCUT2D eigenvalue weighted by molar-refractivity contribution is 5.97. The molecule has 3 aromatic rings. The molecule has 0 aromatic heterocycles. The molecule has 0 saturated heterocycles. The zero-order chi connectivity index (χ0) is 9.38. The van der Waals surface area contributed by atoms with Crippen LogP contribution in [0.4, 0.5) is 0 Å². The van der Waals surface area contributed by atoms with Gasteiger partial charge in [-0.05, 0) is 40.4 Å². The minimum Gasteiger partial charge on any atom is -0.0696 e. The molecular weight excluding hydrogens is 168 g/mol. The standard InChI is InChI=1S/C14H8/c1-2-6-12-10-14-8-4-3-7-13(14)9-11(12)5-1/h1-3,5-7,9-10H. The SMILES string of the molecule is c1ccc2cc3ccccc3cc2c#1. The Morgan fingerprint density at radius 1 is 0.786 bits per heavy atom. The van der Waals surface area contributed by atoms with Gasteiger partial charge in [0, 0.05) is 5.39 Å². The predicted molar refractivity (Wildman–Crippen MR) is 59.1 cm³/mol. The molecule has 0 spiro atoms. The fourth-order valence-corrected chi connectivity index (χ4v) is 1.75. The Bertz CT molecular complexity index is 489. The maximum absolute atomic E-state index is 3.12. The average Bonchev–Trinajstić information content (AvgIpc) is 2.26. The zero-order valence-electron chi connectivity index (χ0n) is 7.62. The normalized spacial score (nSPS) is 10.3. The van der Waals surface area contributed by atoms with Crippen molar-refractivity contribution in [2.24, 2.45) is 0 Å². The summed E-state index contributed by atoms with van der Waals surface area (Å²) in [5, 5.41) is 4.89. The van der Waals surface area contributed by atoms with Crippen molar-refractivity contribution in [1.82, 2.24) is 0 Å². The van der Waals surface area contributed by atoms with Crippen molar-refractivity contribution in [3.63, 3.8) is 0 Å². The molecule has 0 aliphatic carbocycles. The van der Waals surface area contributed by atoms with Gasteiger partial charge < -0.3 is 0 Å². The van der Waals surface area contributed by atoms with Gasteiger partial charge in [0.2, 0.25) is 0 Å². The molecule has 0 heterocycles. The van der Waals surface area contributed by atoms with Crippen LogP contribution in [0.25, 0.3) is 21.5 Å². The molecule has 0 fully saturated rings. The lowest BCUT2D eigenvalue weighted by atomic mass is 10.1. The zero-order valence-corrected chi connectivity index (χ0v) is 7.62. The first-order valence-corrected chi connectivity index (χ1v) is 4.64. The van der Waals surface area contributed by atoms with Gasteiger partial charge >= 0.3 is 0 Å². The van der Waals surface area contributed by atoms with Crippen LogP contribution in [0.1, 0.15) is 0 Å². The van der Waals surface area contributed by atoms with Crippen LogP contribution in [0.3, 0.4) is 0 Å². The number of hydrogen-bond donors (Lipinski definition) is 0. The van der Waals surface area contributed by atoms with Gasteiger partial charge in [-0.3, -0.25) is 0 Å². The second kappa shape index (κ2) is 2.75. The summed E-state index contributed by atoms with van der Waals surface area (Å²) in [4.78, 5) is 0. The van der Waals surface area contributed by atoms with Gasteiger partial charge in [-0.2, -0.15) is 0 Å². The molecule has 0 aliphatic rings. The minimum atomic E-state index is 1.13. The van der Waals surface area contributed by atoms with E-state index in [9.17, 15) is 0 Å². The number of benzene rings is 2. The Kier molecular flexibility index (Phi) is 1.46. The van der Waals surface area contributed by atoms with Crippen molar-refractivity contribution in [2.45, 2.75) is 0 Å². The lowest BCUT2D eigenvalue weighted by molar-refractivity contribution is 1.78. The molecule has 0 nitrogen and oxygen atoms in total. The van der Waals surface area contributed by atoms with Gasteiger partial charge in [0.15, 0.2) is 0 Å². The second-order valence-electron chi connectivity index (χ2n) is 3.39. The highest BCUT2D eigenvalue weighted by Crippen LogP contribution is 2.20. The molecule has 0 saturated carbocycles. The van der Waals surface area contributed by atoms with Crippen LogP contribution in [0.2, 0.25) is 0 Å². The maximum atomic E-state index is 3.12. The number of rotatable bonds is 0. The largest absolute Gasteiger partial charge is 0.0696 e. The Morgan fingerprint density at radius 3 is 2.43 bits per heavy atom. The molecule has 0 heteroatoms. The van der Waals surface area contributed by atoms with Crippen LogP contribution in [-0.4, -0.2) is 0 Å². The molecule has 0 unspecified atom stereocenters.